The van der Waals surface area contributed by atoms with E-state index in [1.54, 1.807) is 38.3 Å². The third kappa shape index (κ3) is 3.42. The van der Waals surface area contributed by atoms with E-state index in [4.69, 9.17) is 18.9 Å². The van der Waals surface area contributed by atoms with Crippen LogP contribution in [0.5, 0.6) is 17.2 Å². The van der Waals surface area contributed by atoms with E-state index in [2.05, 4.69) is 6.07 Å². The van der Waals surface area contributed by atoms with Crippen LogP contribution in [0.3, 0.4) is 0 Å². The van der Waals surface area contributed by atoms with E-state index in [1.165, 1.54) is 0 Å². The minimum Gasteiger partial charge on any atom is -0.497 e. The molecule has 0 aliphatic carbocycles. The highest BCUT2D eigenvalue weighted by Gasteiger charge is 2.33. The lowest BCUT2D eigenvalue weighted by Gasteiger charge is -2.22. The Morgan fingerprint density at radius 3 is 2.50 bits per heavy atom. The first-order chi connectivity index (χ1) is 12.7. The molecule has 0 bridgehead atoms. The lowest BCUT2D eigenvalue weighted by Crippen LogP contribution is -2.24. The summed E-state index contributed by atoms with van der Waals surface area (Å²) in [7, 11) is 1.58. The van der Waals surface area contributed by atoms with E-state index in [0.29, 0.717) is 17.2 Å². The number of methoxy groups -OCH3 is 1. The van der Waals surface area contributed by atoms with Gasteiger partial charge in [-0.05, 0) is 42.3 Å². The minimum atomic E-state index is -0.983. The lowest BCUT2D eigenvalue weighted by molar-refractivity contribution is -0.146. The first-order valence-electron chi connectivity index (χ1n) is 8.27. The Balaban J connectivity index is 2.05. The molecule has 0 radical (unpaired) electrons. The molecule has 0 fully saturated rings. The fraction of sp³-hybridized carbons (Fsp3) is 0.300. The summed E-state index contributed by atoms with van der Waals surface area (Å²) in [6.45, 7) is 2.09. The summed E-state index contributed by atoms with van der Waals surface area (Å²) >= 11 is 0. The molecule has 0 amide bonds. The summed E-state index contributed by atoms with van der Waals surface area (Å²) < 4.78 is 21.1. The van der Waals surface area contributed by atoms with E-state index in [1.807, 2.05) is 18.2 Å². The van der Waals surface area contributed by atoms with Crippen molar-refractivity contribution >= 4 is 5.97 Å². The zero-order valence-electron chi connectivity index (χ0n) is 14.6. The number of carbonyl (C=O) groups excluding carboxylic acids is 1. The fourth-order valence-electron chi connectivity index (χ4n) is 2.99. The van der Waals surface area contributed by atoms with Crippen molar-refractivity contribution in [3.8, 4) is 23.3 Å². The molecule has 3 rings (SSSR count). The number of nitrogens with zero attached hydrogens (tertiary/aromatic N) is 1. The average molecular weight is 353 g/mol. The van der Waals surface area contributed by atoms with Gasteiger partial charge in [0.2, 0.25) is 6.79 Å². The number of benzene rings is 2. The SMILES string of the molecule is CCOC(=O)[C@@H](C#N)[C@@H](c1ccc(OC)cc1)c1ccc2c(c1)OCO2. The van der Waals surface area contributed by atoms with Crippen LogP contribution in [0.25, 0.3) is 0 Å². The van der Waals surface area contributed by atoms with Gasteiger partial charge in [0.15, 0.2) is 17.4 Å². The smallest absolute Gasteiger partial charge is 0.324 e. The number of carbonyl (C=O) groups is 1. The number of hydrogen-bond donors (Lipinski definition) is 0. The van der Waals surface area contributed by atoms with Gasteiger partial charge in [0.25, 0.3) is 0 Å². The summed E-state index contributed by atoms with van der Waals surface area (Å²) in [6.07, 6.45) is 0. The number of rotatable bonds is 6. The number of hydrogen-bond acceptors (Lipinski definition) is 6. The van der Waals surface area contributed by atoms with Gasteiger partial charge in [-0.25, -0.2) is 0 Å². The van der Waals surface area contributed by atoms with E-state index >= 15 is 0 Å². The zero-order chi connectivity index (χ0) is 18.5. The third-order valence-electron chi connectivity index (χ3n) is 4.24. The molecule has 0 saturated heterocycles. The molecule has 0 spiro atoms. The van der Waals surface area contributed by atoms with Crippen molar-refractivity contribution in [2.45, 2.75) is 12.8 Å². The van der Waals surface area contributed by atoms with Crippen LogP contribution in [-0.4, -0.2) is 26.5 Å². The topological polar surface area (TPSA) is 77.8 Å². The van der Waals surface area contributed by atoms with Gasteiger partial charge in [0.1, 0.15) is 5.75 Å². The largest absolute Gasteiger partial charge is 0.497 e. The molecule has 1 heterocycles. The van der Waals surface area contributed by atoms with Gasteiger partial charge in [-0.3, -0.25) is 4.79 Å². The van der Waals surface area contributed by atoms with Gasteiger partial charge >= 0.3 is 5.97 Å². The molecule has 0 saturated carbocycles. The highest BCUT2D eigenvalue weighted by atomic mass is 16.7. The van der Waals surface area contributed by atoms with Gasteiger partial charge in [0, 0.05) is 5.92 Å². The van der Waals surface area contributed by atoms with Crippen molar-refractivity contribution in [3.05, 3.63) is 53.6 Å². The van der Waals surface area contributed by atoms with Crippen molar-refractivity contribution in [1.82, 2.24) is 0 Å². The second-order valence-corrected chi connectivity index (χ2v) is 5.72. The van der Waals surface area contributed by atoms with Gasteiger partial charge in [-0.15, -0.1) is 0 Å². The molecule has 134 valence electrons. The number of ether oxygens (including phenoxy) is 4. The number of fused-ring (bicyclic) bond motifs is 1. The number of esters is 1. The molecular formula is C20H19NO5. The first kappa shape index (κ1) is 17.6. The minimum absolute atomic E-state index is 0.158. The standard InChI is InChI=1S/C20H19NO5/c1-3-24-20(22)16(11-21)19(13-4-7-15(23-2)8-5-13)14-6-9-17-18(10-14)26-12-25-17/h4-10,16,19H,3,12H2,1-2H3/t16-,19-/m0/s1. The quantitative estimate of drug-likeness (QED) is 0.742. The van der Waals surface area contributed by atoms with Crippen molar-refractivity contribution < 1.29 is 23.7 Å². The summed E-state index contributed by atoms with van der Waals surface area (Å²) in [4.78, 5) is 12.4. The molecule has 1 aliphatic rings. The van der Waals surface area contributed by atoms with Crippen molar-refractivity contribution in [1.29, 1.82) is 5.26 Å². The molecular weight excluding hydrogens is 334 g/mol. The first-order valence-corrected chi connectivity index (χ1v) is 8.27. The Morgan fingerprint density at radius 2 is 1.85 bits per heavy atom. The zero-order valence-corrected chi connectivity index (χ0v) is 14.6. The predicted molar refractivity (Wildman–Crippen MR) is 93.1 cm³/mol. The summed E-state index contributed by atoms with van der Waals surface area (Å²) in [6, 6.07) is 14.8. The second-order valence-electron chi connectivity index (χ2n) is 5.72. The lowest BCUT2D eigenvalue weighted by atomic mass is 9.81. The molecule has 0 N–H and O–H groups in total. The van der Waals surface area contributed by atoms with E-state index in [0.717, 1.165) is 11.1 Å². The normalized spacial score (nSPS) is 14.2. The molecule has 0 aromatic heterocycles. The van der Waals surface area contributed by atoms with Crippen LogP contribution in [0.2, 0.25) is 0 Å². The Kier molecular flexibility index (Phi) is 5.28. The van der Waals surface area contributed by atoms with Crippen LogP contribution in [0, 0.1) is 17.2 Å². The van der Waals surface area contributed by atoms with Crippen molar-refractivity contribution in [2.24, 2.45) is 5.92 Å². The van der Waals surface area contributed by atoms with Crippen LogP contribution in [0.4, 0.5) is 0 Å². The monoisotopic (exact) mass is 353 g/mol. The van der Waals surface area contributed by atoms with Crippen LogP contribution in [0.1, 0.15) is 24.0 Å². The summed E-state index contributed by atoms with van der Waals surface area (Å²) in [5, 5.41) is 9.68. The summed E-state index contributed by atoms with van der Waals surface area (Å²) in [5.74, 6) is -0.0899. The van der Waals surface area contributed by atoms with Crippen LogP contribution >= 0.6 is 0 Å². The molecule has 0 unspecified atom stereocenters. The molecule has 2 aromatic rings. The van der Waals surface area contributed by atoms with E-state index in [9.17, 15) is 10.1 Å². The molecule has 2 aromatic carbocycles. The molecule has 6 heteroatoms. The average Bonchev–Trinajstić information content (AvgIpc) is 3.14. The van der Waals surface area contributed by atoms with Gasteiger partial charge in [0.05, 0.1) is 19.8 Å². The fourth-order valence-corrected chi connectivity index (χ4v) is 2.99. The molecule has 6 nitrogen and oxygen atoms in total. The highest BCUT2D eigenvalue weighted by Crippen LogP contribution is 2.39. The predicted octanol–water partition coefficient (Wildman–Crippen LogP) is 3.26. The molecule has 26 heavy (non-hydrogen) atoms. The van der Waals surface area contributed by atoms with Gasteiger partial charge < -0.3 is 18.9 Å². The highest BCUT2D eigenvalue weighted by molar-refractivity contribution is 5.77. The number of nitriles is 1. The maximum atomic E-state index is 12.4. The Bertz CT molecular complexity index is 825. The Morgan fingerprint density at radius 1 is 1.15 bits per heavy atom. The molecule has 2 atom stereocenters. The van der Waals surface area contributed by atoms with Crippen LogP contribution in [-0.2, 0) is 9.53 Å². The van der Waals surface area contributed by atoms with Crippen molar-refractivity contribution in [3.63, 3.8) is 0 Å². The Labute approximate surface area is 151 Å². The van der Waals surface area contributed by atoms with Crippen LogP contribution < -0.4 is 14.2 Å². The van der Waals surface area contributed by atoms with Crippen molar-refractivity contribution in [2.75, 3.05) is 20.5 Å². The molecule has 1 aliphatic heterocycles. The summed E-state index contributed by atoms with van der Waals surface area (Å²) in [5.41, 5.74) is 1.59. The second kappa shape index (κ2) is 7.79. The van der Waals surface area contributed by atoms with Gasteiger partial charge in [-0.2, -0.15) is 5.26 Å². The third-order valence-corrected chi connectivity index (χ3v) is 4.24. The van der Waals surface area contributed by atoms with Gasteiger partial charge in [-0.1, -0.05) is 18.2 Å². The maximum Gasteiger partial charge on any atom is 0.324 e. The van der Waals surface area contributed by atoms with E-state index < -0.39 is 17.8 Å². The maximum absolute atomic E-state index is 12.4. The van der Waals surface area contributed by atoms with Crippen LogP contribution in [0.15, 0.2) is 42.5 Å². The van der Waals surface area contributed by atoms with E-state index in [-0.39, 0.29) is 13.4 Å². The Hall–Kier alpha value is -3.20.